The summed E-state index contributed by atoms with van der Waals surface area (Å²) in [5.41, 5.74) is -5.57. The van der Waals surface area contributed by atoms with Gasteiger partial charge in [-0.05, 0) is 38.0 Å². The number of hydrazone groups is 1. The fourth-order valence-electron chi connectivity index (χ4n) is 5.59. The van der Waals surface area contributed by atoms with E-state index in [1.54, 1.807) is 4.90 Å². The molecule has 1 N–H and O–H groups in total. The van der Waals surface area contributed by atoms with E-state index in [4.69, 9.17) is 0 Å². The van der Waals surface area contributed by atoms with Crippen molar-refractivity contribution in [2.45, 2.75) is 62.5 Å². The van der Waals surface area contributed by atoms with Crippen molar-refractivity contribution < 1.29 is 53.0 Å². The van der Waals surface area contributed by atoms with Crippen LogP contribution in [0.15, 0.2) is 23.3 Å². The summed E-state index contributed by atoms with van der Waals surface area (Å²) in [5, 5.41) is 6.11. The summed E-state index contributed by atoms with van der Waals surface area (Å²) in [4.78, 5) is 14.8. The molecule has 1 aromatic carbocycles. The monoisotopic (exact) mass is 618 g/mol. The SMILES string of the molecule is C=[N+]1CC(S(=O)(=O)N2CCN(C3(C(C)NC(=O)c4ccc(C(F)(F)F)cc4C(F)(F)F)CCC(F)(F)CC3)CC2)=N1. The molecule has 41 heavy (non-hydrogen) atoms. The molecule has 8 nitrogen and oxygen atoms in total. The molecule has 1 saturated heterocycles. The van der Waals surface area contributed by atoms with E-state index in [-0.39, 0.29) is 56.7 Å². The molecule has 1 amide bonds. The zero-order valence-electron chi connectivity index (χ0n) is 21.8. The summed E-state index contributed by atoms with van der Waals surface area (Å²) < 4.78 is 136. The molecule has 1 aliphatic carbocycles. The van der Waals surface area contributed by atoms with Gasteiger partial charge in [0.1, 0.15) is 0 Å². The van der Waals surface area contributed by atoms with E-state index in [0.717, 1.165) is 0 Å². The third-order valence-corrected chi connectivity index (χ3v) is 9.83. The van der Waals surface area contributed by atoms with Crippen molar-refractivity contribution >= 4 is 27.7 Å². The Hall–Kier alpha value is -2.66. The molecular formula is C24H28F8N5O3S+. The molecule has 1 unspecified atom stereocenters. The van der Waals surface area contributed by atoms with Crippen molar-refractivity contribution in [1.82, 2.24) is 14.5 Å². The standard InChI is InChI=1S/C24H27F8N5O3S/c1-15(33-20(38)17-4-3-16(23(27,28)29)13-18(17)24(30,31)32)21(5-7-22(25,26)8-6-21)36-9-11-37(12-10-36)41(39,40)19-14-35(2)34-19/h3-4,13,15H,2,5-12,14H2,1H3/p+1. The second kappa shape index (κ2) is 10.6. The number of hydrogen-bond donors (Lipinski definition) is 1. The van der Waals surface area contributed by atoms with Crippen molar-refractivity contribution in [1.29, 1.82) is 0 Å². The first kappa shape index (κ1) is 31.3. The van der Waals surface area contributed by atoms with Crippen LogP contribution in [0.4, 0.5) is 35.1 Å². The van der Waals surface area contributed by atoms with Gasteiger partial charge in [-0.15, -0.1) is 0 Å². The highest BCUT2D eigenvalue weighted by Gasteiger charge is 2.52. The van der Waals surface area contributed by atoms with Crippen LogP contribution < -0.4 is 5.32 Å². The van der Waals surface area contributed by atoms with Crippen LogP contribution in [0.1, 0.15) is 54.1 Å². The molecule has 2 heterocycles. The maximum atomic E-state index is 14.2. The van der Waals surface area contributed by atoms with Gasteiger partial charge in [-0.3, -0.25) is 9.69 Å². The second-order valence-electron chi connectivity index (χ2n) is 10.5. The van der Waals surface area contributed by atoms with Crippen LogP contribution >= 0.6 is 0 Å². The van der Waals surface area contributed by atoms with Gasteiger partial charge in [-0.25, -0.2) is 17.2 Å². The Balaban J connectivity index is 1.57. The lowest BCUT2D eigenvalue weighted by Crippen LogP contribution is -2.67. The van der Waals surface area contributed by atoms with Gasteiger partial charge in [0.15, 0.2) is 6.72 Å². The van der Waals surface area contributed by atoms with Crippen molar-refractivity contribution in [2.75, 3.05) is 32.7 Å². The Bertz CT molecular complexity index is 1340. The first-order valence-electron chi connectivity index (χ1n) is 12.6. The maximum absolute atomic E-state index is 14.2. The number of carbonyl (C=O) groups excluding carboxylic acids is 1. The molecule has 2 aliphatic heterocycles. The molecule has 4 rings (SSSR count). The highest BCUT2D eigenvalue weighted by Crippen LogP contribution is 2.44. The molecule has 0 aromatic heterocycles. The second-order valence-corrected chi connectivity index (χ2v) is 12.4. The number of hydrogen-bond acceptors (Lipinski definition) is 5. The minimum Gasteiger partial charge on any atom is -0.348 e. The van der Waals surface area contributed by atoms with Crippen LogP contribution in [0, 0.1) is 0 Å². The average molecular weight is 619 g/mol. The fraction of sp³-hybridized carbons (Fsp3) is 0.625. The van der Waals surface area contributed by atoms with Gasteiger partial charge in [0, 0.05) is 55.7 Å². The Morgan fingerprint density at radius 2 is 1.59 bits per heavy atom. The number of alkyl halides is 8. The van der Waals surface area contributed by atoms with Crippen LogP contribution in [0.2, 0.25) is 0 Å². The Morgan fingerprint density at radius 3 is 2.07 bits per heavy atom. The van der Waals surface area contributed by atoms with Crippen LogP contribution in [0.5, 0.6) is 0 Å². The van der Waals surface area contributed by atoms with Gasteiger partial charge in [0.2, 0.25) is 12.5 Å². The number of rotatable bonds is 5. The van der Waals surface area contributed by atoms with Gasteiger partial charge in [-0.1, -0.05) is 4.68 Å². The van der Waals surface area contributed by atoms with Crippen molar-refractivity contribution in [2.24, 2.45) is 5.10 Å². The topological polar surface area (TPSA) is 85.1 Å². The number of benzene rings is 1. The molecule has 0 radical (unpaired) electrons. The predicted molar refractivity (Wildman–Crippen MR) is 131 cm³/mol. The molecule has 0 spiro atoms. The zero-order valence-corrected chi connectivity index (χ0v) is 22.6. The first-order valence-corrected chi connectivity index (χ1v) is 14.1. The lowest BCUT2D eigenvalue weighted by atomic mass is 9.73. The Labute approximate surface area is 230 Å². The minimum atomic E-state index is -5.28. The normalized spacial score (nSPS) is 23.0. The Morgan fingerprint density at radius 1 is 1.02 bits per heavy atom. The summed E-state index contributed by atoms with van der Waals surface area (Å²) in [6.45, 7) is 5.10. The molecule has 1 atom stereocenters. The molecule has 228 valence electrons. The summed E-state index contributed by atoms with van der Waals surface area (Å²) in [6.07, 6.45) is -11.8. The van der Waals surface area contributed by atoms with Gasteiger partial charge in [0.25, 0.3) is 21.0 Å². The van der Waals surface area contributed by atoms with Crippen molar-refractivity contribution in [3.8, 4) is 0 Å². The van der Waals surface area contributed by atoms with E-state index in [1.807, 2.05) is 0 Å². The van der Waals surface area contributed by atoms with Crippen LogP contribution in [0.25, 0.3) is 0 Å². The van der Waals surface area contributed by atoms with Crippen molar-refractivity contribution in [3.05, 3.63) is 34.9 Å². The van der Waals surface area contributed by atoms with E-state index in [1.165, 1.54) is 15.9 Å². The van der Waals surface area contributed by atoms with E-state index >= 15 is 0 Å². The highest BCUT2D eigenvalue weighted by molar-refractivity contribution is 8.04. The van der Waals surface area contributed by atoms with Gasteiger partial charge in [-0.2, -0.15) is 30.6 Å². The van der Waals surface area contributed by atoms with Crippen molar-refractivity contribution in [3.63, 3.8) is 0 Å². The maximum Gasteiger partial charge on any atom is 0.417 e. The van der Waals surface area contributed by atoms with Gasteiger partial charge < -0.3 is 5.32 Å². The summed E-state index contributed by atoms with van der Waals surface area (Å²) in [6, 6.07) is -0.356. The van der Waals surface area contributed by atoms with E-state index < -0.39 is 75.3 Å². The largest absolute Gasteiger partial charge is 0.417 e. The lowest BCUT2D eigenvalue weighted by molar-refractivity contribution is -0.532. The third-order valence-electron chi connectivity index (χ3n) is 7.97. The smallest absolute Gasteiger partial charge is 0.348 e. The molecular weight excluding hydrogens is 590 g/mol. The predicted octanol–water partition coefficient (Wildman–Crippen LogP) is 3.78. The third kappa shape index (κ3) is 6.26. The quantitative estimate of drug-likeness (QED) is 0.403. The van der Waals surface area contributed by atoms with Crippen LogP contribution in [-0.2, 0) is 22.4 Å². The number of nitrogens with zero attached hydrogens (tertiary/aromatic N) is 4. The van der Waals surface area contributed by atoms with E-state index in [9.17, 15) is 48.3 Å². The van der Waals surface area contributed by atoms with E-state index in [2.05, 4.69) is 17.1 Å². The molecule has 1 aromatic rings. The van der Waals surface area contributed by atoms with Gasteiger partial charge >= 0.3 is 12.4 Å². The lowest BCUT2D eigenvalue weighted by Gasteiger charge is -2.53. The van der Waals surface area contributed by atoms with E-state index in [0.29, 0.717) is 12.1 Å². The zero-order chi connectivity index (χ0) is 30.6. The number of nitrogens with one attached hydrogen (secondary N) is 1. The number of carbonyl (C=O) groups is 1. The molecule has 2 fully saturated rings. The average Bonchev–Trinajstić information content (AvgIpc) is 2.85. The fourth-order valence-corrected chi connectivity index (χ4v) is 7.07. The summed E-state index contributed by atoms with van der Waals surface area (Å²) >= 11 is 0. The first-order chi connectivity index (χ1) is 18.8. The molecule has 1 saturated carbocycles. The highest BCUT2D eigenvalue weighted by atomic mass is 32.2. The molecule has 17 heteroatoms. The summed E-state index contributed by atoms with van der Waals surface area (Å²) in [5.74, 6) is -4.31. The molecule has 3 aliphatic rings. The number of halogens is 8. The van der Waals surface area contributed by atoms with Gasteiger partial charge in [0.05, 0.1) is 16.7 Å². The number of amides is 1. The van der Waals surface area contributed by atoms with Crippen LogP contribution in [-0.4, -0.2) is 90.2 Å². The number of sulfonamides is 1. The Kier molecular flexibility index (Phi) is 8.06. The molecule has 0 bridgehead atoms. The summed E-state index contributed by atoms with van der Waals surface area (Å²) in [7, 11) is -3.86. The van der Waals surface area contributed by atoms with Crippen LogP contribution in [0.3, 0.4) is 0 Å². The number of piperazine rings is 1. The minimum absolute atomic E-state index is 0.0194.